The van der Waals surface area contributed by atoms with Crippen molar-refractivity contribution in [1.82, 2.24) is 14.9 Å². The molecule has 4 rings (SSSR count). The van der Waals surface area contributed by atoms with Gasteiger partial charge in [-0.2, -0.15) is 0 Å². The Morgan fingerprint density at radius 3 is 2.61 bits per heavy atom. The Bertz CT molecular complexity index is 1150. The van der Waals surface area contributed by atoms with E-state index in [1.54, 1.807) is 18.4 Å². The van der Waals surface area contributed by atoms with Gasteiger partial charge in [0.2, 0.25) is 0 Å². The molecule has 0 saturated carbocycles. The van der Waals surface area contributed by atoms with Crippen molar-refractivity contribution >= 4 is 21.6 Å². The van der Waals surface area contributed by atoms with Crippen LogP contribution in [0.25, 0.3) is 20.7 Å². The molecule has 1 N–H and O–H groups in total. The second-order valence-corrected chi connectivity index (χ2v) is 7.72. The molecule has 6 heteroatoms. The zero-order chi connectivity index (χ0) is 19.5. The van der Waals surface area contributed by atoms with Crippen molar-refractivity contribution in [3.63, 3.8) is 0 Å². The first-order chi connectivity index (χ1) is 13.6. The highest BCUT2D eigenvalue weighted by Crippen LogP contribution is 2.30. The van der Waals surface area contributed by atoms with E-state index in [1.165, 1.54) is 0 Å². The molecule has 0 aliphatic rings. The normalized spacial score (nSPS) is 11.2. The second-order valence-electron chi connectivity index (χ2n) is 6.69. The van der Waals surface area contributed by atoms with E-state index in [1.807, 2.05) is 67.7 Å². The zero-order valence-electron chi connectivity index (χ0n) is 15.8. The molecular formula is C22H21N3O2S. The van der Waals surface area contributed by atoms with Crippen LogP contribution in [0.3, 0.4) is 0 Å². The molecule has 5 nitrogen and oxygen atoms in total. The molecule has 2 aromatic heterocycles. The standard InChI is InChI=1S/C22H21N3O2S/c1-25(13-16-10-6-7-11-18(16)27-2)14-20-23-21(26)17-12-19(28-22(17)24-20)15-8-4-3-5-9-15/h3-12H,13-14H2,1-2H3,(H,23,24,26). The summed E-state index contributed by atoms with van der Waals surface area (Å²) in [6.07, 6.45) is 0. The van der Waals surface area contributed by atoms with E-state index in [9.17, 15) is 4.79 Å². The average Bonchev–Trinajstić information content (AvgIpc) is 3.14. The predicted molar refractivity (Wildman–Crippen MR) is 114 cm³/mol. The molecule has 0 aliphatic carbocycles. The number of aromatic amines is 1. The largest absolute Gasteiger partial charge is 0.496 e. The van der Waals surface area contributed by atoms with E-state index >= 15 is 0 Å². The molecule has 0 aliphatic heterocycles. The summed E-state index contributed by atoms with van der Waals surface area (Å²) in [6.45, 7) is 1.24. The lowest BCUT2D eigenvalue weighted by atomic mass is 10.2. The number of hydrogen-bond acceptors (Lipinski definition) is 5. The van der Waals surface area contributed by atoms with E-state index in [0.717, 1.165) is 26.6 Å². The van der Waals surface area contributed by atoms with Crippen LogP contribution < -0.4 is 10.3 Å². The number of thiophene rings is 1. The number of H-pyrrole nitrogens is 1. The quantitative estimate of drug-likeness (QED) is 0.533. The lowest BCUT2D eigenvalue weighted by Crippen LogP contribution is -2.21. The first-order valence-electron chi connectivity index (χ1n) is 9.02. The molecule has 0 atom stereocenters. The van der Waals surface area contributed by atoms with Gasteiger partial charge in [0.15, 0.2) is 0 Å². The second kappa shape index (κ2) is 7.96. The lowest BCUT2D eigenvalue weighted by molar-refractivity contribution is 0.303. The van der Waals surface area contributed by atoms with Gasteiger partial charge < -0.3 is 9.72 Å². The van der Waals surface area contributed by atoms with E-state index in [4.69, 9.17) is 9.72 Å². The van der Waals surface area contributed by atoms with Gasteiger partial charge in [-0.25, -0.2) is 4.98 Å². The molecule has 0 amide bonds. The van der Waals surface area contributed by atoms with E-state index < -0.39 is 0 Å². The minimum absolute atomic E-state index is 0.0934. The summed E-state index contributed by atoms with van der Waals surface area (Å²) in [4.78, 5) is 24.1. The molecule has 0 radical (unpaired) electrons. The van der Waals surface area contributed by atoms with Crippen molar-refractivity contribution in [3.8, 4) is 16.2 Å². The maximum absolute atomic E-state index is 12.6. The van der Waals surface area contributed by atoms with Gasteiger partial charge in [0, 0.05) is 17.0 Å². The summed E-state index contributed by atoms with van der Waals surface area (Å²) in [7, 11) is 3.67. The molecule has 142 valence electrons. The molecular weight excluding hydrogens is 370 g/mol. The number of hydrogen-bond donors (Lipinski definition) is 1. The van der Waals surface area contributed by atoms with Gasteiger partial charge >= 0.3 is 0 Å². The van der Waals surface area contributed by atoms with Gasteiger partial charge in [-0.05, 0) is 24.7 Å². The molecule has 0 spiro atoms. The van der Waals surface area contributed by atoms with Crippen molar-refractivity contribution in [2.45, 2.75) is 13.1 Å². The SMILES string of the molecule is COc1ccccc1CN(C)Cc1nc2sc(-c3ccccc3)cc2c(=O)[nH]1. The van der Waals surface area contributed by atoms with Crippen LogP contribution in [0.4, 0.5) is 0 Å². The van der Waals surface area contributed by atoms with Crippen molar-refractivity contribution in [2.75, 3.05) is 14.2 Å². The molecule has 4 aromatic rings. The molecule has 2 aromatic carbocycles. The number of methoxy groups -OCH3 is 1. The Hall–Kier alpha value is -2.96. The van der Waals surface area contributed by atoms with Gasteiger partial charge in [-0.1, -0.05) is 48.5 Å². The number of rotatable bonds is 6. The van der Waals surface area contributed by atoms with E-state index in [0.29, 0.717) is 24.3 Å². The zero-order valence-corrected chi connectivity index (χ0v) is 16.6. The molecule has 28 heavy (non-hydrogen) atoms. The fourth-order valence-corrected chi connectivity index (χ4v) is 4.29. The Labute approximate surface area is 167 Å². The molecule has 0 saturated heterocycles. The minimum atomic E-state index is -0.0934. The Balaban J connectivity index is 1.58. The highest BCUT2D eigenvalue weighted by atomic mass is 32.1. The number of nitrogens with one attached hydrogen (secondary N) is 1. The van der Waals surface area contributed by atoms with Crippen molar-refractivity contribution < 1.29 is 4.74 Å². The van der Waals surface area contributed by atoms with Crippen LogP contribution in [0.15, 0.2) is 65.5 Å². The monoisotopic (exact) mass is 391 g/mol. The third kappa shape index (κ3) is 3.83. The third-order valence-electron chi connectivity index (χ3n) is 4.56. The Kier molecular flexibility index (Phi) is 5.23. The minimum Gasteiger partial charge on any atom is -0.496 e. The Morgan fingerprint density at radius 2 is 1.82 bits per heavy atom. The average molecular weight is 391 g/mol. The summed E-state index contributed by atoms with van der Waals surface area (Å²) in [5, 5.41) is 0.639. The summed E-state index contributed by atoms with van der Waals surface area (Å²) < 4.78 is 5.42. The maximum Gasteiger partial charge on any atom is 0.259 e. The third-order valence-corrected chi connectivity index (χ3v) is 5.64. The van der Waals surface area contributed by atoms with Gasteiger partial charge in [0.25, 0.3) is 5.56 Å². The van der Waals surface area contributed by atoms with Crippen LogP contribution in [0.2, 0.25) is 0 Å². The van der Waals surface area contributed by atoms with Crippen molar-refractivity contribution in [1.29, 1.82) is 0 Å². The number of para-hydroxylation sites is 1. The molecule has 0 fully saturated rings. The molecule has 2 heterocycles. The van der Waals surface area contributed by atoms with Gasteiger partial charge in [-0.3, -0.25) is 9.69 Å². The topological polar surface area (TPSA) is 58.2 Å². The highest BCUT2D eigenvalue weighted by Gasteiger charge is 2.12. The van der Waals surface area contributed by atoms with Gasteiger partial charge in [0.1, 0.15) is 16.4 Å². The number of ether oxygens (including phenoxy) is 1. The summed E-state index contributed by atoms with van der Waals surface area (Å²) in [6, 6.07) is 19.9. The molecule has 0 bridgehead atoms. The van der Waals surface area contributed by atoms with Crippen LogP contribution >= 0.6 is 11.3 Å². The fraction of sp³-hybridized carbons (Fsp3) is 0.182. The summed E-state index contributed by atoms with van der Waals surface area (Å²) in [5.41, 5.74) is 2.10. The van der Waals surface area contributed by atoms with Crippen LogP contribution in [0, 0.1) is 0 Å². The van der Waals surface area contributed by atoms with Crippen molar-refractivity contribution in [2.24, 2.45) is 0 Å². The summed E-state index contributed by atoms with van der Waals surface area (Å²) >= 11 is 1.55. The Morgan fingerprint density at radius 1 is 1.07 bits per heavy atom. The van der Waals surface area contributed by atoms with Crippen LogP contribution in [-0.2, 0) is 13.1 Å². The van der Waals surface area contributed by atoms with Gasteiger partial charge in [-0.15, -0.1) is 11.3 Å². The van der Waals surface area contributed by atoms with Gasteiger partial charge in [0.05, 0.1) is 19.0 Å². The smallest absolute Gasteiger partial charge is 0.259 e. The first kappa shape index (κ1) is 18.4. The predicted octanol–water partition coefficient (Wildman–Crippen LogP) is 4.29. The molecule has 0 unspecified atom stereocenters. The van der Waals surface area contributed by atoms with Crippen LogP contribution in [0.1, 0.15) is 11.4 Å². The number of fused-ring (bicyclic) bond motifs is 1. The first-order valence-corrected chi connectivity index (χ1v) is 9.84. The van der Waals surface area contributed by atoms with Crippen molar-refractivity contribution in [3.05, 3.63) is 82.4 Å². The van der Waals surface area contributed by atoms with E-state index in [-0.39, 0.29) is 5.56 Å². The van der Waals surface area contributed by atoms with E-state index in [2.05, 4.69) is 9.88 Å². The summed E-state index contributed by atoms with van der Waals surface area (Å²) in [5.74, 6) is 1.52. The number of benzene rings is 2. The van der Waals surface area contributed by atoms with Crippen LogP contribution in [-0.4, -0.2) is 29.0 Å². The maximum atomic E-state index is 12.6. The highest BCUT2D eigenvalue weighted by molar-refractivity contribution is 7.21. The number of aromatic nitrogens is 2. The lowest BCUT2D eigenvalue weighted by Gasteiger charge is -2.17. The van der Waals surface area contributed by atoms with Crippen LogP contribution in [0.5, 0.6) is 5.75 Å². The fourth-order valence-electron chi connectivity index (χ4n) is 3.23. The number of nitrogens with zero attached hydrogens (tertiary/aromatic N) is 2.